The van der Waals surface area contributed by atoms with Gasteiger partial charge in [-0.15, -0.1) is 24.8 Å². The molecular formula is C15H22ClN4O3P. The van der Waals surface area contributed by atoms with Gasteiger partial charge in [0.1, 0.15) is 17.3 Å². The molecule has 0 spiro atoms. The number of aliphatic hydroxyl groups excluding tert-OH is 1. The molecule has 1 fully saturated rings. The fraction of sp³-hybridized carbons (Fsp3) is 0.600. The van der Waals surface area contributed by atoms with Crippen LogP contribution in [0.15, 0.2) is 11.1 Å². The number of ether oxygens (including phenoxy) is 1. The van der Waals surface area contributed by atoms with Crippen LogP contribution >= 0.6 is 18.5 Å². The summed E-state index contributed by atoms with van der Waals surface area (Å²) in [6, 6.07) is 0. The first-order valence-electron chi connectivity index (χ1n) is 7.76. The van der Waals surface area contributed by atoms with Crippen molar-refractivity contribution in [2.45, 2.75) is 37.2 Å². The number of alkyl halides is 1. The summed E-state index contributed by atoms with van der Waals surface area (Å²) in [5.41, 5.74) is 0.335. The number of rotatable bonds is 4. The molecule has 9 heteroatoms. The Hall–Kier alpha value is -1.14. The molecule has 7 nitrogen and oxygen atoms in total. The number of aromatic nitrogens is 4. The van der Waals surface area contributed by atoms with Gasteiger partial charge in [0.15, 0.2) is 17.4 Å². The number of H-pyrrole nitrogens is 1. The molecule has 4 atom stereocenters. The smallest absolute Gasteiger partial charge is 0.279 e. The van der Waals surface area contributed by atoms with Crippen LogP contribution in [-0.4, -0.2) is 68.0 Å². The molecule has 3 rings (SSSR count). The number of imidazole rings is 1. The summed E-state index contributed by atoms with van der Waals surface area (Å²) in [6.07, 6.45) is 5.51. The van der Waals surface area contributed by atoms with Crippen molar-refractivity contribution in [1.82, 2.24) is 19.5 Å². The zero-order valence-electron chi connectivity index (χ0n) is 13.9. The van der Waals surface area contributed by atoms with E-state index in [2.05, 4.69) is 34.6 Å². The molecule has 1 aliphatic heterocycles. The number of hydrogen-bond acceptors (Lipinski definition) is 5. The Morgan fingerprint density at radius 3 is 2.92 bits per heavy atom. The van der Waals surface area contributed by atoms with E-state index in [1.54, 1.807) is 11.5 Å². The van der Waals surface area contributed by atoms with Crippen molar-refractivity contribution >= 4 is 36.0 Å². The maximum Gasteiger partial charge on any atom is 0.279 e. The summed E-state index contributed by atoms with van der Waals surface area (Å²) in [7, 11) is 0. The predicted molar refractivity (Wildman–Crippen MR) is 97.8 cm³/mol. The van der Waals surface area contributed by atoms with E-state index in [1.807, 2.05) is 0 Å². The van der Waals surface area contributed by atoms with Gasteiger partial charge in [0, 0.05) is 0 Å². The van der Waals surface area contributed by atoms with Crippen LogP contribution in [0, 0.1) is 6.92 Å². The van der Waals surface area contributed by atoms with Crippen LogP contribution in [0.2, 0.25) is 0 Å². The molecule has 1 aliphatic rings. The van der Waals surface area contributed by atoms with Gasteiger partial charge in [0.05, 0.1) is 12.4 Å². The molecule has 0 amide bonds. The molecular weight excluding hydrogens is 351 g/mol. The number of nitrogens with zero attached hydrogens (tertiary/aromatic N) is 3. The lowest BCUT2D eigenvalue weighted by Gasteiger charge is -2.18. The monoisotopic (exact) mass is 372 g/mol. The molecule has 2 N–H and O–H groups in total. The van der Waals surface area contributed by atoms with Crippen molar-refractivity contribution in [3.63, 3.8) is 0 Å². The van der Waals surface area contributed by atoms with Gasteiger partial charge in [-0.3, -0.25) is 9.36 Å². The average molecular weight is 373 g/mol. The van der Waals surface area contributed by atoms with Crippen molar-refractivity contribution in [3.8, 4) is 0 Å². The Kier molecular flexibility index (Phi) is 4.64. The van der Waals surface area contributed by atoms with Gasteiger partial charge in [-0.1, -0.05) is 0 Å². The topological polar surface area (TPSA) is 93.0 Å². The highest BCUT2D eigenvalue weighted by atomic mass is 35.5. The number of hydrogen-bond donors (Lipinski definition) is 2. The lowest BCUT2D eigenvalue weighted by molar-refractivity contribution is -0.0176. The third kappa shape index (κ3) is 3.31. The van der Waals surface area contributed by atoms with E-state index in [9.17, 15) is 9.90 Å². The highest BCUT2D eigenvalue weighted by molar-refractivity contribution is 7.72. The Labute approximate surface area is 145 Å². The van der Waals surface area contributed by atoms with E-state index < -0.39 is 24.6 Å². The molecule has 2 aromatic heterocycles. The molecule has 0 aromatic carbocycles. The third-order valence-corrected chi connectivity index (χ3v) is 6.08. The van der Waals surface area contributed by atoms with Crippen molar-refractivity contribution < 1.29 is 9.84 Å². The number of aromatic amines is 1. The van der Waals surface area contributed by atoms with E-state index in [1.165, 1.54) is 6.33 Å². The second-order valence-electron chi connectivity index (χ2n) is 6.92. The molecule has 1 unspecified atom stereocenters. The van der Waals surface area contributed by atoms with E-state index in [4.69, 9.17) is 16.3 Å². The van der Waals surface area contributed by atoms with Gasteiger partial charge in [-0.05, 0) is 32.8 Å². The lowest BCUT2D eigenvalue weighted by Crippen LogP contribution is -2.28. The Bertz CT molecular complexity index is 858. The van der Waals surface area contributed by atoms with Crippen LogP contribution in [0.25, 0.3) is 11.2 Å². The first-order chi connectivity index (χ1) is 11.2. The van der Waals surface area contributed by atoms with Crippen LogP contribution in [0.5, 0.6) is 0 Å². The fourth-order valence-corrected chi connectivity index (χ4v) is 4.16. The summed E-state index contributed by atoms with van der Waals surface area (Å²) >= 11 is 6.40. The third-order valence-electron chi connectivity index (χ3n) is 4.14. The summed E-state index contributed by atoms with van der Waals surface area (Å²) in [4.78, 5) is 23.0. The van der Waals surface area contributed by atoms with Gasteiger partial charge in [0.25, 0.3) is 5.56 Å². The molecule has 2 aromatic rings. The quantitative estimate of drug-likeness (QED) is 0.625. The van der Waals surface area contributed by atoms with Crippen molar-refractivity contribution in [3.05, 3.63) is 22.5 Å². The fourth-order valence-electron chi connectivity index (χ4n) is 2.86. The molecule has 0 aliphatic carbocycles. The van der Waals surface area contributed by atoms with E-state index in [0.717, 1.165) is 6.16 Å². The summed E-state index contributed by atoms with van der Waals surface area (Å²) in [5, 5.41) is 9.78. The van der Waals surface area contributed by atoms with Crippen LogP contribution in [0.4, 0.5) is 0 Å². The second kappa shape index (κ2) is 6.30. The summed E-state index contributed by atoms with van der Waals surface area (Å²) in [6.45, 7) is 4.78. The number of fused-ring (bicyclic) bond motifs is 1. The zero-order valence-corrected chi connectivity index (χ0v) is 15.6. The van der Waals surface area contributed by atoms with Crippen molar-refractivity contribution in [2.75, 3.05) is 19.5 Å². The number of nitrogens with one attached hydrogen (secondary N) is 1. The maximum absolute atomic E-state index is 12.0. The van der Waals surface area contributed by atoms with Gasteiger partial charge in [0.2, 0.25) is 0 Å². The predicted octanol–water partition coefficient (Wildman–Crippen LogP) is 1.39. The second-order valence-corrected chi connectivity index (χ2v) is 11.7. The summed E-state index contributed by atoms with van der Waals surface area (Å²) < 4.78 is 7.62. The van der Waals surface area contributed by atoms with Gasteiger partial charge >= 0.3 is 0 Å². The molecule has 1 saturated heterocycles. The minimum Gasteiger partial charge on any atom is -0.389 e. The largest absolute Gasteiger partial charge is 0.389 e. The minimum absolute atomic E-state index is 0.232. The Balaban J connectivity index is 1.90. The molecule has 0 saturated carbocycles. The number of halogens is 1. The molecule has 0 bridgehead atoms. The SMILES string of the molecule is C=P(C)(C)CC[C@H]1OC(n2cnc3c(=O)[nH]c(C)nc32)[C@H](Cl)[C@@H]1O. The average Bonchev–Trinajstić information content (AvgIpc) is 3.00. The molecule has 24 heavy (non-hydrogen) atoms. The highest BCUT2D eigenvalue weighted by Gasteiger charge is 2.44. The van der Waals surface area contributed by atoms with Crippen LogP contribution < -0.4 is 5.56 Å². The van der Waals surface area contributed by atoms with Crippen LogP contribution in [0.3, 0.4) is 0 Å². The van der Waals surface area contributed by atoms with Gasteiger partial charge in [-0.2, -0.15) is 0 Å². The van der Waals surface area contributed by atoms with Gasteiger partial charge < -0.3 is 14.8 Å². The maximum atomic E-state index is 12.0. The van der Waals surface area contributed by atoms with Crippen molar-refractivity contribution in [2.24, 2.45) is 0 Å². The first kappa shape index (κ1) is 17.7. The van der Waals surface area contributed by atoms with Crippen LogP contribution in [-0.2, 0) is 4.74 Å². The van der Waals surface area contributed by atoms with Crippen LogP contribution in [0.1, 0.15) is 18.5 Å². The van der Waals surface area contributed by atoms with E-state index in [0.29, 0.717) is 17.9 Å². The van der Waals surface area contributed by atoms with E-state index >= 15 is 0 Å². The Morgan fingerprint density at radius 1 is 1.54 bits per heavy atom. The molecule has 0 radical (unpaired) electrons. The highest BCUT2D eigenvalue weighted by Crippen LogP contribution is 2.41. The first-order valence-corrected chi connectivity index (χ1v) is 11.2. The molecule has 132 valence electrons. The zero-order chi connectivity index (χ0) is 17.6. The standard InChI is InChI=1S/C15H22ClN4O3P/c1-8-18-13-11(14(22)19-8)17-7-20(13)15-10(16)12(21)9(23-15)5-6-24(2,3)4/h7,9-10,12,15,21H,2,5-6H2,1,3-4H3,(H,18,19,22)/t9-,10-,12-,15?/m1/s1. The Morgan fingerprint density at radius 2 is 2.25 bits per heavy atom. The van der Waals surface area contributed by atoms with Crippen molar-refractivity contribution in [1.29, 1.82) is 0 Å². The number of aryl methyl sites for hydroxylation is 1. The van der Waals surface area contributed by atoms with E-state index in [-0.39, 0.29) is 17.2 Å². The minimum atomic E-state index is -1.21. The normalized spacial score (nSPS) is 27.9. The number of aliphatic hydroxyl groups is 1. The van der Waals surface area contributed by atoms with Gasteiger partial charge in [-0.25, -0.2) is 9.97 Å². The lowest BCUT2D eigenvalue weighted by atomic mass is 10.1. The summed E-state index contributed by atoms with van der Waals surface area (Å²) in [5.74, 6) is 0.485. The molecule has 3 heterocycles.